The lowest BCUT2D eigenvalue weighted by molar-refractivity contribution is -0.150. The molecule has 14 heavy (non-hydrogen) atoms. The highest BCUT2D eigenvalue weighted by Gasteiger charge is 2.08. The summed E-state index contributed by atoms with van der Waals surface area (Å²) in [6.07, 6.45) is 3.51. The number of nitrogens with zero attached hydrogens (tertiary/aromatic N) is 2. The molecule has 0 unspecified atom stereocenters. The van der Waals surface area contributed by atoms with Gasteiger partial charge in [0.05, 0.1) is 12.7 Å². The van der Waals surface area contributed by atoms with Crippen molar-refractivity contribution in [1.29, 1.82) is 0 Å². The topological polar surface area (TPSA) is 84.2 Å². The van der Waals surface area contributed by atoms with E-state index in [0.29, 0.717) is 6.54 Å². The van der Waals surface area contributed by atoms with Crippen molar-refractivity contribution in [2.45, 2.75) is 13.5 Å². The van der Waals surface area contributed by atoms with Gasteiger partial charge in [-0.3, -0.25) is 9.48 Å². The van der Waals surface area contributed by atoms with Crippen molar-refractivity contribution in [2.24, 2.45) is 0 Å². The molecule has 6 heteroatoms. The van der Waals surface area contributed by atoms with Gasteiger partial charge in [0, 0.05) is 12.7 Å². The van der Waals surface area contributed by atoms with Gasteiger partial charge in [-0.2, -0.15) is 5.10 Å². The Morgan fingerprint density at radius 3 is 2.86 bits per heavy atom. The summed E-state index contributed by atoms with van der Waals surface area (Å²) in [6, 6.07) is 0. The average Bonchev–Trinajstić information content (AvgIpc) is 2.51. The fraction of sp³-hybridized carbons (Fsp3) is 0.375. The number of carboxylic acid groups (broad SMARTS) is 1. The fourth-order valence-electron chi connectivity index (χ4n) is 0.949. The number of carboxylic acids is 1. The van der Waals surface area contributed by atoms with E-state index < -0.39 is 11.9 Å². The monoisotopic (exact) mass is 197 g/mol. The van der Waals surface area contributed by atoms with Crippen LogP contribution in [-0.4, -0.2) is 33.3 Å². The number of aliphatic carboxylic acids is 1. The predicted octanol–water partition coefficient (Wildman–Crippen LogP) is -0.608. The zero-order valence-corrected chi connectivity index (χ0v) is 7.73. The number of carbonyl (C=O) groups is 2. The third-order valence-corrected chi connectivity index (χ3v) is 1.58. The molecule has 76 valence electrons. The minimum Gasteiger partial charge on any atom is -0.474 e. The van der Waals surface area contributed by atoms with Gasteiger partial charge in [0.25, 0.3) is 0 Å². The minimum absolute atomic E-state index is 0.256. The van der Waals surface area contributed by atoms with Crippen LogP contribution < -0.4 is 5.32 Å². The van der Waals surface area contributed by atoms with Crippen molar-refractivity contribution in [1.82, 2.24) is 15.1 Å². The Morgan fingerprint density at radius 2 is 2.36 bits per heavy atom. The van der Waals surface area contributed by atoms with Gasteiger partial charge in [-0.25, -0.2) is 4.79 Å². The number of aryl methyl sites for hydroxylation is 1. The van der Waals surface area contributed by atoms with Gasteiger partial charge >= 0.3 is 11.9 Å². The van der Waals surface area contributed by atoms with Crippen LogP contribution in [0, 0.1) is 6.92 Å². The van der Waals surface area contributed by atoms with E-state index >= 15 is 0 Å². The summed E-state index contributed by atoms with van der Waals surface area (Å²) < 4.78 is 1.64. The molecule has 1 aromatic rings. The third-order valence-electron chi connectivity index (χ3n) is 1.58. The first-order valence-corrected chi connectivity index (χ1v) is 4.10. The minimum atomic E-state index is -1.47. The number of hydrogen-bond acceptors (Lipinski definition) is 3. The number of amides is 1. The van der Waals surface area contributed by atoms with Crippen LogP contribution in [0.4, 0.5) is 0 Å². The molecule has 1 heterocycles. The van der Waals surface area contributed by atoms with Gasteiger partial charge < -0.3 is 10.4 Å². The maximum atomic E-state index is 10.6. The summed E-state index contributed by atoms with van der Waals surface area (Å²) in [5.41, 5.74) is 1.02. The SMILES string of the molecule is Cc1cnn(CCNC(=O)C(=O)O)c1. The van der Waals surface area contributed by atoms with Crippen molar-refractivity contribution in [3.8, 4) is 0 Å². The first kappa shape index (κ1) is 10.2. The van der Waals surface area contributed by atoms with E-state index in [-0.39, 0.29) is 6.54 Å². The predicted molar refractivity (Wildman–Crippen MR) is 47.6 cm³/mol. The molecule has 0 aromatic carbocycles. The van der Waals surface area contributed by atoms with Crippen LogP contribution in [-0.2, 0) is 16.1 Å². The number of aromatic nitrogens is 2. The molecule has 6 nitrogen and oxygen atoms in total. The summed E-state index contributed by atoms with van der Waals surface area (Å²) >= 11 is 0. The molecule has 0 saturated carbocycles. The van der Waals surface area contributed by atoms with Crippen molar-refractivity contribution < 1.29 is 14.7 Å². The van der Waals surface area contributed by atoms with Gasteiger partial charge in [0.2, 0.25) is 0 Å². The Labute approximate surface area is 80.5 Å². The molecule has 0 saturated heterocycles. The summed E-state index contributed by atoms with van der Waals surface area (Å²) in [5.74, 6) is -2.46. The largest absolute Gasteiger partial charge is 0.474 e. The van der Waals surface area contributed by atoms with Crippen LogP contribution in [0.25, 0.3) is 0 Å². The number of rotatable bonds is 3. The maximum absolute atomic E-state index is 10.6. The zero-order chi connectivity index (χ0) is 10.6. The summed E-state index contributed by atoms with van der Waals surface area (Å²) in [6.45, 7) is 2.62. The first-order valence-electron chi connectivity index (χ1n) is 4.10. The lowest BCUT2D eigenvalue weighted by Crippen LogP contribution is -2.33. The van der Waals surface area contributed by atoms with E-state index in [1.54, 1.807) is 10.9 Å². The smallest absolute Gasteiger partial charge is 0.394 e. The molecule has 0 aliphatic carbocycles. The fourth-order valence-corrected chi connectivity index (χ4v) is 0.949. The molecule has 0 bridgehead atoms. The van der Waals surface area contributed by atoms with Crippen LogP contribution in [0.15, 0.2) is 12.4 Å². The second-order valence-electron chi connectivity index (χ2n) is 2.84. The summed E-state index contributed by atoms with van der Waals surface area (Å²) in [5, 5.41) is 14.5. The highest BCUT2D eigenvalue weighted by molar-refractivity contribution is 6.31. The molecular formula is C8H11N3O3. The van der Waals surface area contributed by atoms with Crippen molar-refractivity contribution in [3.63, 3.8) is 0 Å². The normalized spacial score (nSPS) is 9.79. The Hall–Kier alpha value is -1.85. The van der Waals surface area contributed by atoms with Gasteiger partial charge in [-0.1, -0.05) is 0 Å². The van der Waals surface area contributed by atoms with Gasteiger partial charge in [-0.05, 0) is 12.5 Å². The third kappa shape index (κ3) is 2.89. The zero-order valence-electron chi connectivity index (χ0n) is 7.73. The quantitative estimate of drug-likeness (QED) is 0.633. The maximum Gasteiger partial charge on any atom is 0.394 e. The second kappa shape index (κ2) is 4.40. The highest BCUT2D eigenvalue weighted by Crippen LogP contribution is 1.92. The lowest BCUT2D eigenvalue weighted by atomic mass is 10.4. The molecule has 1 aromatic heterocycles. The van der Waals surface area contributed by atoms with Crippen LogP contribution in [0.5, 0.6) is 0 Å². The molecule has 0 aliphatic heterocycles. The molecule has 0 fully saturated rings. The van der Waals surface area contributed by atoms with Gasteiger partial charge in [0.15, 0.2) is 0 Å². The van der Waals surface area contributed by atoms with E-state index in [4.69, 9.17) is 5.11 Å². The Balaban J connectivity index is 2.29. The summed E-state index contributed by atoms with van der Waals surface area (Å²) in [4.78, 5) is 20.7. The van der Waals surface area contributed by atoms with Crippen LogP contribution in [0.1, 0.15) is 5.56 Å². The second-order valence-corrected chi connectivity index (χ2v) is 2.84. The number of hydrogen-bond donors (Lipinski definition) is 2. The molecule has 2 N–H and O–H groups in total. The van der Waals surface area contributed by atoms with E-state index in [1.165, 1.54) is 0 Å². The standard InChI is InChI=1S/C8H11N3O3/c1-6-4-10-11(5-6)3-2-9-7(12)8(13)14/h4-5H,2-3H2,1H3,(H,9,12)(H,13,14). The van der Waals surface area contributed by atoms with E-state index in [9.17, 15) is 9.59 Å². The molecule has 1 rings (SSSR count). The lowest BCUT2D eigenvalue weighted by Gasteiger charge is -2.01. The molecule has 0 aliphatic rings. The molecule has 0 atom stereocenters. The van der Waals surface area contributed by atoms with E-state index in [0.717, 1.165) is 5.56 Å². The van der Waals surface area contributed by atoms with Crippen LogP contribution in [0.3, 0.4) is 0 Å². The Morgan fingerprint density at radius 1 is 1.64 bits per heavy atom. The number of nitrogens with one attached hydrogen (secondary N) is 1. The molecule has 0 radical (unpaired) electrons. The first-order chi connectivity index (χ1) is 6.59. The highest BCUT2D eigenvalue weighted by atomic mass is 16.4. The van der Waals surface area contributed by atoms with Gasteiger partial charge in [-0.15, -0.1) is 0 Å². The van der Waals surface area contributed by atoms with E-state index in [1.807, 2.05) is 13.1 Å². The summed E-state index contributed by atoms with van der Waals surface area (Å²) in [7, 11) is 0. The average molecular weight is 197 g/mol. The Bertz CT molecular complexity index is 345. The van der Waals surface area contributed by atoms with Crippen molar-refractivity contribution in [2.75, 3.05) is 6.54 Å². The van der Waals surface area contributed by atoms with Crippen LogP contribution >= 0.6 is 0 Å². The Kier molecular flexibility index (Phi) is 3.22. The van der Waals surface area contributed by atoms with Crippen molar-refractivity contribution in [3.05, 3.63) is 18.0 Å². The number of carbonyl (C=O) groups excluding carboxylic acids is 1. The molecule has 0 spiro atoms. The molecule has 1 amide bonds. The molecular weight excluding hydrogens is 186 g/mol. The van der Waals surface area contributed by atoms with Crippen molar-refractivity contribution >= 4 is 11.9 Å². The van der Waals surface area contributed by atoms with E-state index in [2.05, 4.69) is 10.4 Å². The van der Waals surface area contributed by atoms with Gasteiger partial charge in [0.1, 0.15) is 0 Å². The van der Waals surface area contributed by atoms with Crippen LogP contribution in [0.2, 0.25) is 0 Å².